The molecule has 5 rings (SSSR count). The fourth-order valence-electron chi connectivity index (χ4n) is 5.28. The van der Waals surface area contributed by atoms with Crippen molar-refractivity contribution in [2.75, 3.05) is 65.0 Å². The van der Waals surface area contributed by atoms with Gasteiger partial charge in [-0.1, -0.05) is 6.42 Å². The van der Waals surface area contributed by atoms with E-state index in [9.17, 15) is 9.59 Å². The normalized spacial score (nSPS) is 19.7. The molecule has 2 aliphatic heterocycles. The van der Waals surface area contributed by atoms with Crippen LogP contribution in [-0.2, 0) is 14.3 Å². The van der Waals surface area contributed by atoms with Crippen LogP contribution in [-0.4, -0.2) is 98.0 Å². The van der Waals surface area contributed by atoms with Gasteiger partial charge in [-0.15, -0.1) is 10.2 Å². The highest BCUT2D eigenvalue weighted by Gasteiger charge is 2.34. The summed E-state index contributed by atoms with van der Waals surface area (Å²) in [6, 6.07) is 9.47. The number of piperazine rings is 1. The summed E-state index contributed by atoms with van der Waals surface area (Å²) in [6.45, 7) is 3.88. The molecule has 10 heteroatoms. The number of methoxy groups -OCH3 is 2. The van der Waals surface area contributed by atoms with E-state index in [0.29, 0.717) is 49.9 Å². The van der Waals surface area contributed by atoms with Gasteiger partial charge in [0.05, 0.1) is 32.6 Å². The minimum atomic E-state index is 0.00310. The van der Waals surface area contributed by atoms with Gasteiger partial charge in [-0.3, -0.25) is 9.59 Å². The molecule has 2 aromatic rings. The first-order chi connectivity index (χ1) is 18.6. The Hall–Kier alpha value is -3.40. The number of anilines is 1. The summed E-state index contributed by atoms with van der Waals surface area (Å²) < 4.78 is 16.5. The lowest BCUT2D eigenvalue weighted by atomic mass is 9.84. The van der Waals surface area contributed by atoms with E-state index in [-0.39, 0.29) is 30.4 Å². The second kappa shape index (κ2) is 12.0. The van der Waals surface area contributed by atoms with Crippen molar-refractivity contribution in [1.29, 1.82) is 0 Å². The van der Waals surface area contributed by atoms with Crippen molar-refractivity contribution in [2.45, 2.75) is 38.2 Å². The molecule has 2 saturated heterocycles. The van der Waals surface area contributed by atoms with Gasteiger partial charge in [0.1, 0.15) is 11.5 Å². The Labute approximate surface area is 223 Å². The molecule has 1 aromatic heterocycles. The summed E-state index contributed by atoms with van der Waals surface area (Å²) in [5.74, 6) is 2.34. The molecule has 1 atom stereocenters. The first kappa shape index (κ1) is 26.2. The van der Waals surface area contributed by atoms with Crippen LogP contribution in [0.1, 0.15) is 32.1 Å². The van der Waals surface area contributed by atoms with Gasteiger partial charge in [0.2, 0.25) is 11.8 Å². The second-order valence-electron chi connectivity index (χ2n) is 10.2. The molecule has 3 aliphatic rings. The SMILES string of the molecule is COc1ccc(-c2ccc(N3CCN(C(=O)CN(C[C@H]4CCCO4)C(=O)C4CCC4)CC3)nn2)c(OC)c1. The van der Waals surface area contributed by atoms with Gasteiger partial charge < -0.3 is 28.9 Å². The molecule has 38 heavy (non-hydrogen) atoms. The third-order valence-corrected chi connectivity index (χ3v) is 7.83. The van der Waals surface area contributed by atoms with Crippen molar-refractivity contribution in [1.82, 2.24) is 20.0 Å². The first-order valence-electron chi connectivity index (χ1n) is 13.5. The number of benzene rings is 1. The number of aromatic nitrogens is 2. The van der Waals surface area contributed by atoms with E-state index < -0.39 is 0 Å². The van der Waals surface area contributed by atoms with Gasteiger partial charge in [0, 0.05) is 56.9 Å². The number of amides is 2. The molecule has 204 valence electrons. The van der Waals surface area contributed by atoms with Crippen molar-refractivity contribution in [2.24, 2.45) is 5.92 Å². The van der Waals surface area contributed by atoms with Gasteiger partial charge in [-0.05, 0) is 49.9 Å². The molecule has 0 N–H and O–H groups in total. The third-order valence-electron chi connectivity index (χ3n) is 7.83. The van der Waals surface area contributed by atoms with Gasteiger partial charge in [0.15, 0.2) is 5.82 Å². The van der Waals surface area contributed by atoms with E-state index in [2.05, 4.69) is 15.1 Å². The van der Waals surface area contributed by atoms with Crippen LogP contribution in [0.2, 0.25) is 0 Å². The minimum absolute atomic E-state index is 0.00310. The predicted molar refractivity (Wildman–Crippen MR) is 142 cm³/mol. The fraction of sp³-hybridized carbons (Fsp3) is 0.571. The Bertz CT molecular complexity index is 1110. The van der Waals surface area contributed by atoms with E-state index >= 15 is 0 Å². The minimum Gasteiger partial charge on any atom is -0.497 e. The van der Waals surface area contributed by atoms with Crippen molar-refractivity contribution >= 4 is 17.6 Å². The van der Waals surface area contributed by atoms with E-state index in [1.54, 1.807) is 19.1 Å². The fourth-order valence-corrected chi connectivity index (χ4v) is 5.28. The molecular weight excluding hydrogens is 486 g/mol. The molecule has 0 bridgehead atoms. The summed E-state index contributed by atoms with van der Waals surface area (Å²) in [6.07, 6.45) is 4.97. The van der Waals surface area contributed by atoms with E-state index in [1.165, 1.54) is 0 Å². The van der Waals surface area contributed by atoms with Crippen LogP contribution in [0.5, 0.6) is 11.5 Å². The van der Waals surface area contributed by atoms with Crippen LogP contribution >= 0.6 is 0 Å². The molecule has 0 radical (unpaired) electrons. The maximum absolute atomic E-state index is 13.2. The first-order valence-corrected chi connectivity index (χ1v) is 13.5. The van der Waals surface area contributed by atoms with E-state index in [0.717, 1.165) is 50.1 Å². The van der Waals surface area contributed by atoms with E-state index in [1.807, 2.05) is 35.2 Å². The van der Waals surface area contributed by atoms with Gasteiger partial charge in [0.25, 0.3) is 0 Å². The van der Waals surface area contributed by atoms with Crippen LogP contribution in [0, 0.1) is 5.92 Å². The van der Waals surface area contributed by atoms with Gasteiger partial charge in [-0.25, -0.2) is 0 Å². The second-order valence-corrected chi connectivity index (χ2v) is 10.2. The summed E-state index contributed by atoms with van der Waals surface area (Å²) >= 11 is 0. The smallest absolute Gasteiger partial charge is 0.242 e. The summed E-state index contributed by atoms with van der Waals surface area (Å²) in [5.41, 5.74) is 1.55. The van der Waals surface area contributed by atoms with Crippen molar-refractivity contribution in [3.05, 3.63) is 30.3 Å². The number of hydrogen-bond donors (Lipinski definition) is 0. The highest BCUT2D eigenvalue weighted by Crippen LogP contribution is 2.32. The molecule has 2 amide bonds. The van der Waals surface area contributed by atoms with Crippen LogP contribution in [0.15, 0.2) is 30.3 Å². The van der Waals surface area contributed by atoms with Crippen LogP contribution in [0.4, 0.5) is 5.82 Å². The predicted octanol–water partition coefficient (Wildman–Crippen LogP) is 2.62. The molecule has 1 aromatic carbocycles. The molecule has 0 unspecified atom stereocenters. The Kier molecular flexibility index (Phi) is 8.26. The Morgan fingerprint density at radius 3 is 2.42 bits per heavy atom. The molecule has 3 fully saturated rings. The number of nitrogens with zero attached hydrogens (tertiary/aromatic N) is 5. The largest absolute Gasteiger partial charge is 0.497 e. The summed E-state index contributed by atoms with van der Waals surface area (Å²) in [7, 11) is 3.23. The lowest BCUT2D eigenvalue weighted by Gasteiger charge is -2.37. The Balaban J connectivity index is 1.17. The monoisotopic (exact) mass is 523 g/mol. The molecule has 1 aliphatic carbocycles. The molecule has 1 saturated carbocycles. The molecule has 10 nitrogen and oxygen atoms in total. The van der Waals surface area contributed by atoms with Crippen molar-refractivity contribution in [3.8, 4) is 22.8 Å². The topological polar surface area (TPSA) is 97.3 Å². The Morgan fingerprint density at radius 2 is 1.82 bits per heavy atom. The number of carbonyl (C=O) groups excluding carboxylic acids is 2. The van der Waals surface area contributed by atoms with Gasteiger partial charge in [-0.2, -0.15) is 0 Å². The average molecular weight is 524 g/mol. The number of hydrogen-bond acceptors (Lipinski definition) is 8. The lowest BCUT2D eigenvalue weighted by Crippen LogP contribution is -2.53. The molecule has 3 heterocycles. The standard InChI is InChI=1S/C28H37N5O5/c1-36-21-8-9-23(25(17-21)37-2)24-10-11-26(30-29-24)31-12-14-32(15-13-31)27(34)19-33(18-22-7-4-16-38-22)28(35)20-5-3-6-20/h8-11,17,20,22H,3-7,12-16,18-19H2,1-2H3/t22-/m1/s1. The highest BCUT2D eigenvalue weighted by atomic mass is 16.5. The van der Waals surface area contributed by atoms with Gasteiger partial charge >= 0.3 is 0 Å². The third kappa shape index (κ3) is 5.85. The zero-order chi connectivity index (χ0) is 26.5. The number of carbonyl (C=O) groups is 2. The maximum atomic E-state index is 13.2. The average Bonchev–Trinajstić information content (AvgIpc) is 3.44. The summed E-state index contributed by atoms with van der Waals surface area (Å²) in [4.78, 5) is 32.0. The van der Waals surface area contributed by atoms with Crippen LogP contribution in [0.3, 0.4) is 0 Å². The number of rotatable bonds is 9. The van der Waals surface area contributed by atoms with E-state index in [4.69, 9.17) is 14.2 Å². The highest BCUT2D eigenvalue weighted by molar-refractivity contribution is 5.86. The van der Waals surface area contributed by atoms with Crippen molar-refractivity contribution < 1.29 is 23.8 Å². The van der Waals surface area contributed by atoms with Crippen LogP contribution in [0.25, 0.3) is 11.3 Å². The Morgan fingerprint density at radius 1 is 1.00 bits per heavy atom. The molecule has 0 spiro atoms. The van der Waals surface area contributed by atoms with Crippen LogP contribution < -0.4 is 14.4 Å². The lowest BCUT2D eigenvalue weighted by molar-refractivity contribution is -0.146. The zero-order valence-corrected chi connectivity index (χ0v) is 22.3. The zero-order valence-electron chi connectivity index (χ0n) is 22.3. The molecular formula is C28H37N5O5. The van der Waals surface area contributed by atoms with Crippen molar-refractivity contribution in [3.63, 3.8) is 0 Å². The number of ether oxygens (including phenoxy) is 3. The summed E-state index contributed by atoms with van der Waals surface area (Å²) in [5, 5.41) is 8.88. The quantitative estimate of drug-likeness (QED) is 0.495. The maximum Gasteiger partial charge on any atom is 0.242 e.